The Morgan fingerprint density at radius 3 is 2.87 bits per heavy atom. The van der Waals surface area contributed by atoms with E-state index in [0.717, 1.165) is 11.3 Å². The standard InChI is InChI=1S/C8H9NO5S/c1-14-8(11)6(10)4-5-2-3-7(15-5)9(12)13/h2-3,6,10H,4H2,1H3. The second-order valence-corrected chi connectivity index (χ2v) is 3.89. The molecule has 0 aliphatic carbocycles. The zero-order valence-corrected chi connectivity index (χ0v) is 8.69. The molecule has 0 saturated heterocycles. The third-order valence-electron chi connectivity index (χ3n) is 1.70. The Balaban J connectivity index is 2.65. The highest BCUT2D eigenvalue weighted by molar-refractivity contribution is 7.15. The first-order chi connectivity index (χ1) is 7.04. The summed E-state index contributed by atoms with van der Waals surface area (Å²) in [5.74, 6) is -0.744. The SMILES string of the molecule is COC(=O)C(O)Cc1ccc([N+](=O)[O-])s1. The largest absolute Gasteiger partial charge is 0.467 e. The summed E-state index contributed by atoms with van der Waals surface area (Å²) >= 11 is 0.930. The van der Waals surface area contributed by atoms with Crippen LogP contribution >= 0.6 is 11.3 Å². The first-order valence-corrected chi connectivity index (χ1v) is 4.85. The summed E-state index contributed by atoms with van der Waals surface area (Å²) in [6.07, 6.45) is -1.24. The molecule has 1 rings (SSSR count). The molecule has 1 aromatic heterocycles. The molecule has 0 bridgehead atoms. The summed E-state index contributed by atoms with van der Waals surface area (Å²) in [6, 6.07) is 2.85. The second-order valence-electron chi connectivity index (χ2n) is 2.74. The van der Waals surface area contributed by atoms with Crippen LogP contribution in [0.25, 0.3) is 0 Å². The Morgan fingerprint density at radius 1 is 1.73 bits per heavy atom. The molecule has 1 heterocycles. The number of nitrogens with zero attached hydrogens (tertiary/aromatic N) is 1. The van der Waals surface area contributed by atoms with Crippen molar-refractivity contribution in [2.75, 3.05) is 7.11 Å². The van der Waals surface area contributed by atoms with Crippen molar-refractivity contribution in [2.45, 2.75) is 12.5 Å². The van der Waals surface area contributed by atoms with Crippen molar-refractivity contribution in [3.8, 4) is 0 Å². The fraction of sp³-hybridized carbons (Fsp3) is 0.375. The Bertz CT molecular complexity index is 375. The van der Waals surface area contributed by atoms with Gasteiger partial charge in [0.15, 0.2) is 6.10 Å². The van der Waals surface area contributed by atoms with Crippen molar-refractivity contribution in [1.82, 2.24) is 0 Å². The van der Waals surface area contributed by atoms with E-state index in [2.05, 4.69) is 4.74 Å². The van der Waals surface area contributed by atoms with Crippen LogP contribution in [0.15, 0.2) is 12.1 Å². The van der Waals surface area contributed by atoms with Gasteiger partial charge >= 0.3 is 11.0 Å². The molecule has 1 aromatic rings. The number of aliphatic hydroxyl groups is 1. The summed E-state index contributed by atoms with van der Waals surface area (Å²) < 4.78 is 4.32. The maximum atomic E-state index is 10.9. The summed E-state index contributed by atoms with van der Waals surface area (Å²) in [6.45, 7) is 0. The Morgan fingerprint density at radius 2 is 2.40 bits per heavy atom. The molecule has 0 radical (unpaired) electrons. The molecule has 1 unspecified atom stereocenters. The van der Waals surface area contributed by atoms with Crippen LogP contribution in [0, 0.1) is 10.1 Å². The minimum Gasteiger partial charge on any atom is -0.467 e. The number of thiophene rings is 1. The first-order valence-electron chi connectivity index (χ1n) is 4.03. The highest BCUT2D eigenvalue weighted by Gasteiger charge is 2.18. The summed E-state index contributed by atoms with van der Waals surface area (Å²) in [5, 5.41) is 19.6. The minimum atomic E-state index is -1.27. The van der Waals surface area contributed by atoms with Crippen molar-refractivity contribution < 1.29 is 19.6 Å². The summed E-state index contributed by atoms with van der Waals surface area (Å²) in [5.41, 5.74) is 0. The fourth-order valence-corrected chi connectivity index (χ4v) is 1.84. The number of rotatable bonds is 4. The molecule has 0 aliphatic heterocycles. The van der Waals surface area contributed by atoms with Gasteiger partial charge in [-0.1, -0.05) is 11.3 Å². The molecule has 0 aliphatic rings. The van der Waals surface area contributed by atoms with Crippen molar-refractivity contribution in [1.29, 1.82) is 0 Å². The summed E-state index contributed by atoms with van der Waals surface area (Å²) in [4.78, 5) is 21.3. The van der Waals surface area contributed by atoms with E-state index in [0.29, 0.717) is 4.88 Å². The number of nitro groups is 1. The van der Waals surface area contributed by atoms with E-state index in [-0.39, 0.29) is 11.4 Å². The van der Waals surface area contributed by atoms with Crippen LogP contribution < -0.4 is 0 Å². The number of aliphatic hydroxyl groups excluding tert-OH is 1. The minimum absolute atomic E-state index is 0.0120. The van der Waals surface area contributed by atoms with Gasteiger partial charge in [0.1, 0.15) is 0 Å². The molecule has 82 valence electrons. The molecular weight excluding hydrogens is 222 g/mol. The maximum Gasteiger partial charge on any atom is 0.335 e. The third-order valence-corrected chi connectivity index (χ3v) is 2.75. The Kier molecular flexibility index (Phi) is 3.75. The lowest BCUT2D eigenvalue weighted by Crippen LogP contribution is -2.23. The average molecular weight is 231 g/mol. The van der Waals surface area contributed by atoms with E-state index in [1.807, 2.05) is 0 Å². The maximum absolute atomic E-state index is 10.9. The molecule has 1 N–H and O–H groups in total. The molecule has 15 heavy (non-hydrogen) atoms. The fourth-order valence-electron chi connectivity index (χ4n) is 0.984. The van der Waals surface area contributed by atoms with Gasteiger partial charge in [0.2, 0.25) is 0 Å². The van der Waals surface area contributed by atoms with Crippen LogP contribution in [-0.2, 0) is 16.0 Å². The quantitative estimate of drug-likeness (QED) is 0.468. The Hall–Kier alpha value is -1.47. The van der Waals surface area contributed by atoms with Gasteiger partial charge in [-0.2, -0.15) is 0 Å². The normalized spacial score (nSPS) is 12.1. The smallest absolute Gasteiger partial charge is 0.335 e. The van der Waals surface area contributed by atoms with Crippen molar-refractivity contribution >= 4 is 22.3 Å². The van der Waals surface area contributed by atoms with Gasteiger partial charge in [0.25, 0.3) is 0 Å². The molecule has 0 fully saturated rings. The van der Waals surface area contributed by atoms with E-state index in [9.17, 15) is 20.0 Å². The topological polar surface area (TPSA) is 89.7 Å². The molecular formula is C8H9NO5S. The number of ether oxygens (including phenoxy) is 1. The van der Waals surface area contributed by atoms with Crippen molar-refractivity contribution in [3.63, 3.8) is 0 Å². The predicted molar refractivity (Wildman–Crippen MR) is 52.7 cm³/mol. The number of carbonyl (C=O) groups excluding carboxylic acids is 1. The number of hydrogen-bond acceptors (Lipinski definition) is 6. The molecule has 1 atom stereocenters. The van der Waals surface area contributed by atoms with Gasteiger partial charge in [0.05, 0.1) is 12.0 Å². The average Bonchev–Trinajstić information content (AvgIpc) is 2.65. The van der Waals surface area contributed by atoms with E-state index in [1.54, 1.807) is 0 Å². The van der Waals surface area contributed by atoms with Crippen LogP contribution in [0.5, 0.6) is 0 Å². The molecule has 6 nitrogen and oxygen atoms in total. The van der Waals surface area contributed by atoms with Gasteiger partial charge < -0.3 is 9.84 Å². The van der Waals surface area contributed by atoms with E-state index < -0.39 is 17.0 Å². The van der Waals surface area contributed by atoms with Gasteiger partial charge in [-0.15, -0.1) is 0 Å². The van der Waals surface area contributed by atoms with E-state index >= 15 is 0 Å². The Labute approximate surface area is 89.3 Å². The van der Waals surface area contributed by atoms with Crippen molar-refractivity contribution in [3.05, 3.63) is 27.1 Å². The molecule has 0 spiro atoms. The lowest BCUT2D eigenvalue weighted by Gasteiger charge is -2.05. The van der Waals surface area contributed by atoms with Gasteiger partial charge in [-0.3, -0.25) is 10.1 Å². The zero-order valence-electron chi connectivity index (χ0n) is 7.87. The van der Waals surface area contributed by atoms with Crippen LogP contribution in [0.1, 0.15) is 4.88 Å². The molecule has 7 heteroatoms. The highest BCUT2D eigenvalue weighted by atomic mass is 32.1. The van der Waals surface area contributed by atoms with E-state index in [1.165, 1.54) is 19.2 Å². The van der Waals surface area contributed by atoms with Crippen LogP contribution in [0.2, 0.25) is 0 Å². The predicted octanol–water partition coefficient (Wildman–Crippen LogP) is 0.733. The van der Waals surface area contributed by atoms with Gasteiger partial charge in [-0.25, -0.2) is 4.79 Å². The van der Waals surface area contributed by atoms with Gasteiger partial charge in [-0.05, 0) is 6.07 Å². The van der Waals surface area contributed by atoms with Crippen LogP contribution in [-0.4, -0.2) is 29.2 Å². The van der Waals surface area contributed by atoms with E-state index in [4.69, 9.17) is 0 Å². The summed E-state index contributed by atoms with van der Waals surface area (Å²) in [7, 11) is 1.17. The van der Waals surface area contributed by atoms with Crippen LogP contribution in [0.3, 0.4) is 0 Å². The third kappa shape index (κ3) is 3.00. The van der Waals surface area contributed by atoms with Crippen molar-refractivity contribution in [2.24, 2.45) is 0 Å². The monoisotopic (exact) mass is 231 g/mol. The lowest BCUT2D eigenvalue weighted by atomic mass is 10.2. The molecule has 0 aromatic carbocycles. The molecule has 0 amide bonds. The number of hydrogen-bond donors (Lipinski definition) is 1. The zero-order chi connectivity index (χ0) is 11.4. The number of methoxy groups -OCH3 is 1. The highest BCUT2D eigenvalue weighted by Crippen LogP contribution is 2.24. The first kappa shape index (κ1) is 11.6. The lowest BCUT2D eigenvalue weighted by molar-refractivity contribution is -0.380. The second kappa shape index (κ2) is 4.85. The van der Waals surface area contributed by atoms with Crippen LogP contribution in [0.4, 0.5) is 5.00 Å². The molecule has 0 saturated carbocycles. The number of carbonyl (C=O) groups is 1. The van der Waals surface area contributed by atoms with Gasteiger partial charge in [0, 0.05) is 17.4 Å². The number of esters is 1.